The van der Waals surface area contributed by atoms with Crippen molar-refractivity contribution in [3.63, 3.8) is 0 Å². The molecule has 0 aliphatic carbocycles. The zero-order valence-corrected chi connectivity index (χ0v) is 8.23. The Kier molecular flexibility index (Phi) is 2.25. The number of rotatable bonds is 2. The molecule has 2 aromatic rings. The summed E-state index contributed by atoms with van der Waals surface area (Å²) >= 11 is 0. The first-order chi connectivity index (χ1) is 7.20. The molecule has 0 saturated heterocycles. The van der Waals surface area contributed by atoms with Crippen LogP contribution in [0.25, 0.3) is 11.3 Å². The molecule has 4 heteroatoms. The van der Waals surface area contributed by atoms with E-state index in [2.05, 4.69) is 4.98 Å². The van der Waals surface area contributed by atoms with Crippen molar-refractivity contribution in [1.29, 1.82) is 0 Å². The fraction of sp³-hybridized carbons (Fsp3) is 0.0909. The summed E-state index contributed by atoms with van der Waals surface area (Å²) in [6, 6.07) is 7.60. The smallest absolute Gasteiger partial charge is 0.293 e. The summed E-state index contributed by atoms with van der Waals surface area (Å²) in [6.07, 6.45) is 0.634. The van der Waals surface area contributed by atoms with Gasteiger partial charge in [0.05, 0.1) is 0 Å². The molecule has 1 heterocycles. The van der Waals surface area contributed by atoms with Gasteiger partial charge in [0, 0.05) is 5.56 Å². The Morgan fingerprint density at radius 3 is 2.60 bits per heavy atom. The highest BCUT2D eigenvalue weighted by molar-refractivity contribution is 5.83. The molecule has 76 valence electrons. The number of nitrogens with two attached hydrogens (primary N) is 1. The van der Waals surface area contributed by atoms with E-state index in [4.69, 9.17) is 10.2 Å². The third-order valence-corrected chi connectivity index (χ3v) is 2.10. The van der Waals surface area contributed by atoms with Crippen molar-refractivity contribution in [2.45, 2.75) is 6.92 Å². The van der Waals surface area contributed by atoms with Gasteiger partial charge in [-0.15, -0.1) is 0 Å². The van der Waals surface area contributed by atoms with Crippen LogP contribution in [0.2, 0.25) is 0 Å². The monoisotopic (exact) mass is 202 g/mol. The maximum Gasteiger partial charge on any atom is 0.293 e. The second-order valence-corrected chi connectivity index (χ2v) is 3.25. The van der Waals surface area contributed by atoms with Gasteiger partial charge in [-0.2, -0.15) is 4.98 Å². The lowest BCUT2D eigenvalue weighted by atomic mass is 10.1. The zero-order chi connectivity index (χ0) is 10.8. The van der Waals surface area contributed by atoms with E-state index in [-0.39, 0.29) is 11.7 Å². The number of aldehydes is 1. The minimum atomic E-state index is 0.00711. The summed E-state index contributed by atoms with van der Waals surface area (Å²) in [5, 5.41) is 0. The number of aryl methyl sites for hydroxylation is 1. The van der Waals surface area contributed by atoms with Crippen LogP contribution in [0.5, 0.6) is 0 Å². The molecule has 15 heavy (non-hydrogen) atoms. The Morgan fingerprint density at radius 1 is 1.33 bits per heavy atom. The van der Waals surface area contributed by atoms with Gasteiger partial charge in [-0.1, -0.05) is 29.8 Å². The Morgan fingerprint density at radius 2 is 2.00 bits per heavy atom. The van der Waals surface area contributed by atoms with E-state index in [0.29, 0.717) is 12.0 Å². The topological polar surface area (TPSA) is 69.1 Å². The van der Waals surface area contributed by atoms with E-state index in [1.807, 2.05) is 31.2 Å². The predicted octanol–water partition coefficient (Wildman–Crippen LogP) is 2.04. The van der Waals surface area contributed by atoms with Gasteiger partial charge in [0.1, 0.15) is 0 Å². The minimum Gasteiger partial charge on any atom is -0.423 e. The van der Waals surface area contributed by atoms with E-state index < -0.39 is 0 Å². The molecule has 0 fully saturated rings. The Bertz CT molecular complexity index is 486. The highest BCUT2D eigenvalue weighted by atomic mass is 16.4. The van der Waals surface area contributed by atoms with Crippen LogP contribution in [0.1, 0.15) is 16.1 Å². The fourth-order valence-electron chi connectivity index (χ4n) is 1.34. The van der Waals surface area contributed by atoms with Crippen LogP contribution in [0.15, 0.2) is 28.7 Å². The summed E-state index contributed by atoms with van der Waals surface area (Å²) in [5.41, 5.74) is 7.55. The van der Waals surface area contributed by atoms with Gasteiger partial charge in [0.15, 0.2) is 17.7 Å². The predicted molar refractivity (Wildman–Crippen MR) is 56.5 cm³/mol. The molecule has 0 radical (unpaired) electrons. The van der Waals surface area contributed by atoms with E-state index in [9.17, 15) is 4.79 Å². The minimum absolute atomic E-state index is 0.00711. The van der Waals surface area contributed by atoms with Crippen LogP contribution in [0.3, 0.4) is 0 Å². The Labute approximate surface area is 86.7 Å². The molecular weight excluding hydrogens is 192 g/mol. The maximum absolute atomic E-state index is 10.7. The van der Waals surface area contributed by atoms with E-state index in [0.717, 1.165) is 11.1 Å². The molecule has 4 nitrogen and oxygen atoms in total. The number of aromatic nitrogens is 1. The van der Waals surface area contributed by atoms with E-state index >= 15 is 0 Å². The molecule has 0 amide bonds. The maximum atomic E-state index is 10.7. The van der Waals surface area contributed by atoms with Crippen LogP contribution in [0.4, 0.5) is 6.01 Å². The zero-order valence-electron chi connectivity index (χ0n) is 8.23. The van der Waals surface area contributed by atoms with E-state index in [1.165, 1.54) is 0 Å². The van der Waals surface area contributed by atoms with Crippen molar-refractivity contribution in [2.24, 2.45) is 0 Å². The number of carbonyl (C=O) groups is 1. The summed E-state index contributed by atoms with van der Waals surface area (Å²) in [6.45, 7) is 1.99. The van der Waals surface area contributed by atoms with Crippen molar-refractivity contribution in [2.75, 3.05) is 5.73 Å². The molecule has 1 aromatic carbocycles. The van der Waals surface area contributed by atoms with Crippen molar-refractivity contribution < 1.29 is 9.21 Å². The first-order valence-corrected chi connectivity index (χ1v) is 4.49. The number of benzene rings is 1. The number of nitrogen functional groups attached to an aromatic ring is 1. The van der Waals surface area contributed by atoms with E-state index in [1.54, 1.807) is 0 Å². The normalized spacial score (nSPS) is 10.2. The highest BCUT2D eigenvalue weighted by Crippen LogP contribution is 2.24. The number of nitrogens with zero attached hydrogens (tertiary/aromatic N) is 1. The second-order valence-electron chi connectivity index (χ2n) is 3.25. The third kappa shape index (κ3) is 1.74. The van der Waals surface area contributed by atoms with Gasteiger partial charge in [-0.25, -0.2) is 0 Å². The van der Waals surface area contributed by atoms with Crippen LogP contribution in [-0.2, 0) is 0 Å². The van der Waals surface area contributed by atoms with Crippen LogP contribution in [-0.4, -0.2) is 11.3 Å². The molecule has 0 spiro atoms. The largest absolute Gasteiger partial charge is 0.423 e. The average Bonchev–Trinajstić information content (AvgIpc) is 2.61. The fourth-order valence-corrected chi connectivity index (χ4v) is 1.34. The SMILES string of the molecule is Cc1ccc(-c2oc(N)nc2C=O)cc1. The first-order valence-electron chi connectivity index (χ1n) is 4.49. The summed E-state index contributed by atoms with van der Waals surface area (Å²) < 4.78 is 5.17. The average molecular weight is 202 g/mol. The third-order valence-electron chi connectivity index (χ3n) is 2.10. The molecule has 1 aromatic heterocycles. The number of anilines is 1. The van der Waals surface area contributed by atoms with Crippen LogP contribution in [0, 0.1) is 6.92 Å². The van der Waals surface area contributed by atoms with Gasteiger partial charge < -0.3 is 10.2 Å². The number of oxazole rings is 1. The quantitative estimate of drug-likeness (QED) is 0.756. The molecule has 0 bridgehead atoms. The highest BCUT2D eigenvalue weighted by Gasteiger charge is 2.12. The Balaban J connectivity index is 2.52. The summed E-state index contributed by atoms with van der Waals surface area (Å²) in [4.78, 5) is 14.5. The lowest BCUT2D eigenvalue weighted by molar-refractivity contribution is 0.112. The molecule has 0 unspecified atom stereocenters. The number of hydrogen-bond acceptors (Lipinski definition) is 4. The summed E-state index contributed by atoms with van der Waals surface area (Å²) in [5.74, 6) is 0.419. The van der Waals surface area contributed by atoms with Gasteiger partial charge >= 0.3 is 0 Å². The van der Waals surface area contributed by atoms with Crippen LogP contribution >= 0.6 is 0 Å². The lowest BCUT2D eigenvalue weighted by Gasteiger charge is -1.97. The van der Waals surface area contributed by atoms with Gasteiger partial charge in [0.2, 0.25) is 0 Å². The molecule has 0 saturated carbocycles. The molecule has 2 rings (SSSR count). The molecule has 2 N–H and O–H groups in total. The van der Waals surface area contributed by atoms with Gasteiger partial charge in [-0.05, 0) is 6.92 Å². The second kappa shape index (κ2) is 3.57. The molecule has 0 aliphatic heterocycles. The Hall–Kier alpha value is -2.10. The molecule has 0 aliphatic rings. The van der Waals surface area contributed by atoms with Crippen molar-refractivity contribution in [3.8, 4) is 11.3 Å². The first kappa shape index (κ1) is 9.45. The lowest BCUT2D eigenvalue weighted by Crippen LogP contribution is -1.85. The molecule has 0 atom stereocenters. The standard InChI is InChI=1S/C11H10N2O2/c1-7-2-4-8(5-3-7)10-9(6-14)13-11(12)15-10/h2-6H,1H3,(H2,12,13). The summed E-state index contributed by atoms with van der Waals surface area (Å²) in [7, 11) is 0. The van der Waals surface area contributed by atoms with Crippen molar-refractivity contribution in [1.82, 2.24) is 4.98 Å². The van der Waals surface area contributed by atoms with Crippen LogP contribution < -0.4 is 5.73 Å². The van der Waals surface area contributed by atoms with Gasteiger partial charge in [-0.3, -0.25) is 4.79 Å². The van der Waals surface area contributed by atoms with Gasteiger partial charge in [0.25, 0.3) is 6.01 Å². The van der Waals surface area contributed by atoms with Crippen molar-refractivity contribution in [3.05, 3.63) is 35.5 Å². The molecular formula is C11H10N2O2. The number of hydrogen-bond donors (Lipinski definition) is 1. The van der Waals surface area contributed by atoms with Crippen molar-refractivity contribution >= 4 is 12.3 Å². The number of carbonyl (C=O) groups excluding carboxylic acids is 1.